The van der Waals surface area contributed by atoms with Crippen LogP contribution in [0.1, 0.15) is 23.1 Å². The van der Waals surface area contributed by atoms with E-state index in [1.54, 1.807) is 22.7 Å². The Morgan fingerprint density at radius 1 is 0.711 bits per heavy atom. The highest BCUT2D eigenvalue weighted by molar-refractivity contribution is 7.22. The zero-order chi connectivity index (χ0) is 26.1. The second-order valence-electron chi connectivity index (χ2n) is 9.83. The first-order valence-electron chi connectivity index (χ1n) is 12.9. The van der Waals surface area contributed by atoms with Crippen LogP contribution in [0.15, 0.2) is 84.9 Å². The van der Waals surface area contributed by atoms with Crippen LogP contribution in [0, 0.1) is 13.8 Å². The van der Waals surface area contributed by atoms with Crippen LogP contribution in [0.3, 0.4) is 0 Å². The molecule has 0 spiro atoms. The molecular weight excluding hydrogens is 507 g/mol. The third kappa shape index (κ3) is 5.48. The van der Waals surface area contributed by atoms with Gasteiger partial charge in [-0.05, 0) is 91.9 Å². The Bertz CT molecular complexity index is 1570. The van der Waals surface area contributed by atoms with E-state index in [0.717, 1.165) is 44.3 Å². The number of aryl methyl sites for hydroxylation is 3. The molecule has 0 aliphatic carbocycles. The summed E-state index contributed by atoms with van der Waals surface area (Å²) in [6.45, 7) is 4.73. The van der Waals surface area contributed by atoms with Gasteiger partial charge in [0.1, 0.15) is 10.0 Å². The first-order chi connectivity index (χ1) is 18.5. The van der Waals surface area contributed by atoms with Crippen LogP contribution in [0.25, 0.3) is 41.6 Å². The molecular formula is C32H29N3OS2. The van der Waals surface area contributed by atoms with Crippen molar-refractivity contribution in [2.75, 3.05) is 11.9 Å². The molecule has 2 N–H and O–H groups in total. The van der Waals surface area contributed by atoms with Gasteiger partial charge in [0.15, 0.2) is 0 Å². The Morgan fingerprint density at radius 2 is 1.24 bits per heavy atom. The minimum absolute atomic E-state index is 0.422. The first kappa shape index (κ1) is 24.7. The molecule has 0 aliphatic rings. The summed E-state index contributed by atoms with van der Waals surface area (Å²) in [7, 11) is 0. The summed E-state index contributed by atoms with van der Waals surface area (Å²) in [5.74, 6) is 0. The Kier molecular flexibility index (Phi) is 6.94. The molecule has 2 heterocycles. The zero-order valence-corrected chi connectivity index (χ0v) is 23.1. The quantitative estimate of drug-likeness (QED) is 0.206. The van der Waals surface area contributed by atoms with Crippen LogP contribution < -0.4 is 5.32 Å². The average molecular weight is 536 g/mol. The highest BCUT2D eigenvalue weighted by Crippen LogP contribution is 2.32. The molecule has 0 fully saturated rings. The second kappa shape index (κ2) is 10.7. The molecule has 1 atom stereocenters. The van der Waals surface area contributed by atoms with E-state index in [1.807, 2.05) is 0 Å². The lowest BCUT2D eigenvalue weighted by molar-refractivity contribution is 0.177. The van der Waals surface area contributed by atoms with Gasteiger partial charge in [-0.1, -0.05) is 36.4 Å². The Balaban J connectivity index is 1.01. The summed E-state index contributed by atoms with van der Waals surface area (Å²) in [5.41, 5.74) is 9.08. The molecule has 4 nitrogen and oxygen atoms in total. The number of hydrogen-bond donors (Lipinski definition) is 2. The fraction of sp³-hybridized carbons (Fsp3) is 0.188. The van der Waals surface area contributed by atoms with Gasteiger partial charge in [0.25, 0.3) is 0 Å². The van der Waals surface area contributed by atoms with E-state index in [2.05, 4.69) is 104 Å². The third-order valence-electron chi connectivity index (χ3n) is 6.73. The molecule has 1 unspecified atom stereocenters. The van der Waals surface area contributed by atoms with Crippen molar-refractivity contribution in [3.05, 3.63) is 102 Å². The summed E-state index contributed by atoms with van der Waals surface area (Å²) in [4.78, 5) is 9.56. The number of aliphatic hydroxyl groups is 1. The number of hydrogen-bond acceptors (Lipinski definition) is 6. The first-order valence-corrected chi connectivity index (χ1v) is 14.5. The minimum atomic E-state index is -0.422. The van der Waals surface area contributed by atoms with Gasteiger partial charge < -0.3 is 10.4 Å². The molecule has 6 heteroatoms. The van der Waals surface area contributed by atoms with E-state index in [9.17, 15) is 5.11 Å². The van der Waals surface area contributed by atoms with Crippen molar-refractivity contribution < 1.29 is 5.11 Å². The van der Waals surface area contributed by atoms with Crippen LogP contribution >= 0.6 is 22.7 Å². The Labute approximate surface area is 230 Å². The summed E-state index contributed by atoms with van der Waals surface area (Å²) in [6.07, 6.45) is 1.11. The fourth-order valence-electron chi connectivity index (χ4n) is 4.53. The van der Waals surface area contributed by atoms with E-state index in [0.29, 0.717) is 13.0 Å². The molecule has 6 rings (SSSR count). The van der Waals surface area contributed by atoms with Gasteiger partial charge in [-0.25, -0.2) is 9.97 Å². The van der Waals surface area contributed by atoms with Crippen LogP contribution in [-0.2, 0) is 6.42 Å². The topological polar surface area (TPSA) is 58.0 Å². The van der Waals surface area contributed by atoms with Gasteiger partial charge in [0.2, 0.25) is 0 Å². The average Bonchev–Trinajstić information content (AvgIpc) is 3.55. The van der Waals surface area contributed by atoms with Crippen molar-refractivity contribution in [1.29, 1.82) is 0 Å². The summed E-state index contributed by atoms with van der Waals surface area (Å²) >= 11 is 3.45. The molecule has 4 aromatic carbocycles. The summed E-state index contributed by atoms with van der Waals surface area (Å²) < 4.78 is 2.44. The van der Waals surface area contributed by atoms with Crippen molar-refractivity contribution in [2.45, 2.75) is 32.8 Å². The molecule has 190 valence electrons. The second-order valence-corrected chi connectivity index (χ2v) is 11.9. The lowest BCUT2D eigenvalue weighted by atomic mass is 10.0. The number of benzene rings is 4. The molecule has 0 aliphatic heterocycles. The van der Waals surface area contributed by atoms with E-state index in [-0.39, 0.29) is 0 Å². The van der Waals surface area contributed by atoms with Gasteiger partial charge in [0.05, 0.1) is 26.5 Å². The largest absolute Gasteiger partial charge is 0.391 e. The third-order valence-corrected chi connectivity index (χ3v) is 8.86. The highest BCUT2D eigenvalue weighted by Gasteiger charge is 2.10. The lowest BCUT2D eigenvalue weighted by Crippen LogP contribution is -2.20. The minimum Gasteiger partial charge on any atom is -0.391 e. The predicted molar refractivity (Wildman–Crippen MR) is 162 cm³/mol. The molecule has 0 radical (unpaired) electrons. The number of nitrogens with zero attached hydrogens (tertiary/aromatic N) is 2. The predicted octanol–water partition coefficient (Wildman–Crippen LogP) is 8.26. The summed E-state index contributed by atoms with van der Waals surface area (Å²) in [5, 5.41) is 16.0. The molecule has 2 aromatic heterocycles. The monoisotopic (exact) mass is 535 g/mol. The van der Waals surface area contributed by atoms with Crippen molar-refractivity contribution in [3.8, 4) is 21.1 Å². The molecule has 0 saturated carbocycles. The number of anilines is 1. The normalized spacial score (nSPS) is 12.3. The smallest absolute Gasteiger partial charge is 0.124 e. The van der Waals surface area contributed by atoms with Gasteiger partial charge >= 0.3 is 0 Å². The Morgan fingerprint density at radius 3 is 1.79 bits per heavy atom. The van der Waals surface area contributed by atoms with Gasteiger partial charge in [-0.2, -0.15) is 0 Å². The molecule has 38 heavy (non-hydrogen) atoms. The van der Waals surface area contributed by atoms with E-state index < -0.39 is 6.10 Å². The van der Waals surface area contributed by atoms with Gasteiger partial charge in [0, 0.05) is 23.4 Å². The Hall–Kier alpha value is -3.58. The standard InChI is InChI=1S/C32H29N3OS2/c1-20-3-15-27-29(17-20)37-31(34-27)23-8-5-22(6-9-23)7-14-26(36)19-33-25-12-10-24(11-13-25)32-35-28-16-4-21(2)18-30(28)38-32/h3-6,8-13,15-18,26,33,36H,7,14,19H2,1-2H3. The maximum Gasteiger partial charge on any atom is 0.124 e. The zero-order valence-electron chi connectivity index (χ0n) is 21.4. The maximum atomic E-state index is 10.6. The van der Waals surface area contributed by atoms with Crippen molar-refractivity contribution >= 4 is 48.8 Å². The number of aliphatic hydroxyl groups excluding tert-OH is 1. The van der Waals surface area contributed by atoms with Crippen molar-refractivity contribution in [3.63, 3.8) is 0 Å². The van der Waals surface area contributed by atoms with Crippen molar-refractivity contribution in [1.82, 2.24) is 9.97 Å². The molecule has 0 saturated heterocycles. The van der Waals surface area contributed by atoms with Crippen LogP contribution in [0.5, 0.6) is 0 Å². The number of fused-ring (bicyclic) bond motifs is 2. The molecule has 0 amide bonds. The number of nitrogens with one attached hydrogen (secondary N) is 1. The number of aromatic nitrogens is 2. The summed E-state index contributed by atoms with van der Waals surface area (Å²) in [6, 6.07) is 29.6. The van der Waals surface area contributed by atoms with E-state index in [1.165, 1.54) is 26.1 Å². The van der Waals surface area contributed by atoms with Gasteiger partial charge in [-0.3, -0.25) is 0 Å². The molecule has 0 bridgehead atoms. The van der Waals surface area contributed by atoms with Crippen LogP contribution in [-0.4, -0.2) is 27.7 Å². The highest BCUT2D eigenvalue weighted by atomic mass is 32.1. The van der Waals surface area contributed by atoms with Crippen LogP contribution in [0.4, 0.5) is 5.69 Å². The van der Waals surface area contributed by atoms with Crippen LogP contribution in [0.2, 0.25) is 0 Å². The maximum absolute atomic E-state index is 10.6. The van der Waals surface area contributed by atoms with E-state index >= 15 is 0 Å². The SMILES string of the molecule is Cc1ccc2nc(-c3ccc(CCC(O)CNc4ccc(-c5nc6ccc(C)cc6s5)cc4)cc3)sc2c1. The van der Waals surface area contributed by atoms with E-state index in [4.69, 9.17) is 9.97 Å². The molecule has 6 aromatic rings. The fourth-order valence-corrected chi connectivity index (χ4v) is 6.66. The number of rotatable bonds is 8. The lowest BCUT2D eigenvalue weighted by Gasteiger charge is -2.13. The van der Waals surface area contributed by atoms with Gasteiger partial charge in [-0.15, -0.1) is 22.7 Å². The number of thiazole rings is 2. The van der Waals surface area contributed by atoms with Crippen molar-refractivity contribution in [2.24, 2.45) is 0 Å².